The lowest BCUT2D eigenvalue weighted by Crippen LogP contribution is -2.33. The number of nitrogens with one attached hydrogen (secondary N) is 1. The third kappa shape index (κ3) is 4.54. The van der Waals surface area contributed by atoms with Gasteiger partial charge in [0.2, 0.25) is 5.91 Å². The smallest absolute Gasteiger partial charge is 0.238 e. The molecule has 0 bridgehead atoms. The van der Waals surface area contributed by atoms with Crippen molar-refractivity contribution in [1.29, 1.82) is 0 Å². The van der Waals surface area contributed by atoms with E-state index in [0.717, 1.165) is 47.7 Å². The normalized spacial score (nSPS) is 17.0. The summed E-state index contributed by atoms with van der Waals surface area (Å²) < 4.78 is 10.9. The first-order chi connectivity index (χ1) is 13.0. The number of rotatable bonds is 6. The molecule has 0 radical (unpaired) electrons. The minimum atomic E-state index is -0.0471. The molecular formula is C21H25ClN2O3. The fourth-order valence-electron chi connectivity index (χ4n) is 3.57. The largest absolute Gasteiger partial charge is 0.497 e. The van der Waals surface area contributed by atoms with Gasteiger partial charge in [0.15, 0.2) is 0 Å². The van der Waals surface area contributed by atoms with E-state index in [1.165, 1.54) is 0 Å². The Morgan fingerprint density at radius 3 is 2.78 bits per heavy atom. The lowest BCUT2D eigenvalue weighted by molar-refractivity contribution is -0.117. The monoisotopic (exact) mass is 388 g/mol. The van der Waals surface area contributed by atoms with Gasteiger partial charge in [0, 0.05) is 22.3 Å². The lowest BCUT2D eigenvalue weighted by Gasteiger charge is -2.26. The number of aryl methyl sites for hydroxylation is 1. The fourth-order valence-corrected chi connectivity index (χ4v) is 3.74. The van der Waals surface area contributed by atoms with Gasteiger partial charge in [0.1, 0.15) is 11.5 Å². The number of benzene rings is 2. The van der Waals surface area contributed by atoms with Crippen molar-refractivity contribution in [2.24, 2.45) is 0 Å². The highest BCUT2D eigenvalue weighted by Gasteiger charge is 2.30. The summed E-state index contributed by atoms with van der Waals surface area (Å²) in [5, 5.41) is 3.59. The summed E-state index contributed by atoms with van der Waals surface area (Å²) in [6, 6.07) is 11.4. The van der Waals surface area contributed by atoms with Crippen LogP contribution in [0.1, 0.15) is 30.0 Å². The van der Waals surface area contributed by atoms with Crippen molar-refractivity contribution in [2.75, 3.05) is 32.6 Å². The molecule has 1 aliphatic heterocycles. The molecule has 1 saturated heterocycles. The van der Waals surface area contributed by atoms with Gasteiger partial charge < -0.3 is 14.8 Å². The first kappa shape index (κ1) is 19.5. The zero-order valence-corrected chi connectivity index (χ0v) is 16.7. The zero-order valence-electron chi connectivity index (χ0n) is 15.9. The van der Waals surface area contributed by atoms with Crippen LogP contribution in [0.3, 0.4) is 0 Å². The van der Waals surface area contributed by atoms with Gasteiger partial charge in [-0.15, -0.1) is 0 Å². The fraction of sp³-hybridized carbons (Fsp3) is 0.381. The number of halogens is 1. The highest BCUT2D eigenvalue weighted by atomic mass is 35.5. The maximum absolute atomic E-state index is 12.6. The lowest BCUT2D eigenvalue weighted by atomic mass is 10.0. The van der Waals surface area contributed by atoms with Crippen LogP contribution in [0.5, 0.6) is 11.5 Å². The third-order valence-corrected chi connectivity index (χ3v) is 5.22. The number of ether oxygens (including phenoxy) is 2. The molecule has 6 heteroatoms. The summed E-state index contributed by atoms with van der Waals surface area (Å²) in [5.74, 6) is 1.56. The number of hydrogen-bond acceptors (Lipinski definition) is 4. The van der Waals surface area contributed by atoms with Crippen molar-refractivity contribution in [1.82, 2.24) is 4.90 Å². The first-order valence-electron chi connectivity index (χ1n) is 9.04. The van der Waals surface area contributed by atoms with Gasteiger partial charge in [0.25, 0.3) is 0 Å². The summed E-state index contributed by atoms with van der Waals surface area (Å²) in [6.45, 7) is 3.13. The van der Waals surface area contributed by atoms with Crippen LogP contribution in [0.2, 0.25) is 5.02 Å². The van der Waals surface area contributed by atoms with Crippen molar-refractivity contribution in [3.8, 4) is 11.5 Å². The third-order valence-electron chi connectivity index (χ3n) is 4.98. The average molecular weight is 389 g/mol. The molecule has 144 valence electrons. The van der Waals surface area contributed by atoms with Crippen LogP contribution >= 0.6 is 11.6 Å². The molecule has 1 heterocycles. The second-order valence-electron chi connectivity index (χ2n) is 6.74. The molecule has 0 unspecified atom stereocenters. The van der Waals surface area contributed by atoms with Gasteiger partial charge in [-0.3, -0.25) is 9.69 Å². The number of amides is 1. The molecule has 0 aromatic heterocycles. The standard InChI is InChI=1S/C21H25ClN2O3/c1-14-6-7-15(22)11-18(14)23-21(25)13-24-10-4-5-19(24)17-12-16(26-2)8-9-20(17)27-3/h6-9,11-12,19H,4-5,10,13H2,1-3H3,(H,23,25)/t19-/m1/s1. The van der Waals surface area contributed by atoms with Crippen molar-refractivity contribution >= 4 is 23.2 Å². The minimum absolute atomic E-state index is 0.0471. The Bertz CT molecular complexity index is 825. The van der Waals surface area contributed by atoms with Gasteiger partial charge >= 0.3 is 0 Å². The first-order valence-corrected chi connectivity index (χ1v) is 9.41. The van der Waals surface area contributed by atoms with E-state index in [-0.39, 0.29) is 11.9 Å². The molecule has 0 spiro atoms. The average Bonchev–Trinajstić information content (AvgIpc) is 3.11. The minimum Gasteiger partial charge on any atom is -0.497 e. The molecule has 1 amide bonds. The Morgan fingerprint density at radius 2 is 2.04 bits per heavy atom. The summed E-state index contributed by atoms with van der Waals surface area (Å²) in [4.78, 5) is 14.8. The van der Waals surface area contributed by atoms with Crippen molar-refractivity contribution in [3.05, 3.63) is 52.5 Å². The second kappa shape index (κ2) is 8.63. The van der Waals surface area contributed by atoms with E-state index in [1.54, 1.807) is 20.3 Å². The Labute approximate surface area is 165 Å². The topological polar surface area (TPSA) is 50.8 Å². The Kier molecular flexibility index (Phi) is 6.24. The van der Waals surface area contributed by atoms with Crippen LogP contribution in [-0.4, -0.2) is 38.1 Å². The number of likely N-dealkylation sites (tertiary alicyclic amines) is 1. The highest BCUT2D eigenvalue weighted by Crippen LogP contribution is 2.38. The molecule has 2 aromatic rings. The number of carbonyl (C=O) groups excluding carboxylic acids is 1. The van der Waals surface area contributed by atoms with Crippen LogP contribution < -0.4 is 14.8 Å². The number of carbonyl (C=O) groups is 1. The van der Waals surface area contributed by atoms with Crippen LogP contribution in [0, 0.1) is 6.92 Å². The molecule has 0 aliphatic carbocycles. The van der Waals surface area contributed by atoms with Crippen LogP contribution in [0.25, 0.3) is 0 Å². The Hall–Kier alpha value is -2.24. The number of nitrogens with zero attached hydrogens (tertiary/aromatic N) is 1. The number of hydrogen-bond donors (Lipinski definition) is 1. The molecule has 3 rings (SSSR count). The summed E-state index contributed by atoms with van der Waals surface area (Å²) in [5.41, 5.74) is 2.79. The number of methoxy groups -OCH3 is 2. The Morgan fingerprint density at radius 1 is 1.22 bits per heavy atom. The van der Waals surface area contributed by atoms with Gasteiger partial charge in [-0.25, -0.2) is 0 Å². The van der Waals surface area contributed by atoms with Gasteiger partial charge in [-0.2, -0.15) is 0 Å². The molecule has 2 aromatic carbocycles. The molecule has 1 N–H and O–H groups in total. The number of anilines is 1. The maximum atomic E-state index is 12.6. The molecule has 1 atom stereocenters. The van der Waals surface area contributed by atoms with Crippen molar-refractivity contribution < 1.29 is 14.3 Å². The van der Waals surface area contributed by atoms with E-state index in [2.05, 4.69) is 10.2 Å². The van der Waals surface area contributed by atoms with Crippen LogP contribution in [-0.2, 0) is 4.79 Å². The van der Waals surface area contributed by atoms with Gasteiger partial charge in [-0.05, 0) is 62.2 Å². The molecule has 5 nitrogen and oxygen atoms in total. The summed E-state index contributed by atoms with van der Waals surface area (Å²) in [6.07, 6.45) is 2.02. The van der Waals surface area contributed by atoms with Gasteiger partial charge in [-0.1, -0.05) is 17.7 Å². The van der Waals surface area contributed by atoms with Crippen molar-refractivity contribution in [2.45, 2.75) is 25.8 Å². The van der Waals surface area contributed by atoms with Gasteiger partial charge in [0.05, 0.1) is 20.8 Å². The SMILES string of the molecule is COc1ccc(OC)c([C@H]2CCCN2CC(=O)Nc2cc(Cl)ccc2C)c1. The van der Waals surface area contributed by atoms with Crippen LogP contribution in [0.15, 0.2) is 36.4 Å². The second-order valence-corrected chi connectivity index (χ2v) is 7.18. The summed E-state index contributed by atoms with van der Waals surface area (Å²) >= 11 is 6.05. The quantitative estimate of drug-likeness (QED) is 0.794. The summed E-state index contributed by atoms with van der Waals surface area (Å²) in [7, 11) is 3.32. The van der Waals surface area contributed by atoms with E-state index < -0.39 is 0 Å². The van der Waals surface area contributed by atoms with E-state index in [4.69, 9.17) is 21.1 Å². The molecular weight excluding hydrogens is 364 g/mol. The molecule has 1 fully saturated rings. The zero-order chi connectivity index (χ0) is 19.4. The highest BCUT2D eigenvalue weighted by molar-refractivity contribution is 6.31. The predicted octanol–water partition coefficient (Wildman–Crippen LogP) is 4.44. The molecule has 1 aliphatic rings. The van der Waals surface area contributed by atoms with E-state index in [0.29, 0.717) is 11.6 Å². The van der Waals surface area contributed by atoms with E-state index in [1.807, 2.05) is 37.3 Å². The van der Waals surface area contributed by atoms with E-state index in [9.17, 15) is 4.79 Å². The van der Waals surface area contributed by atoms with E-state index >= 15 is 0 Å². The Balaban J connectivity index is 1.75. The molecule has 27 heavy (non-hydrogen) atoms. The molecule has 0 saturated carbocycles. The predicted molar refractivity (Wildman–Crippen MR) is 108 cm³/mol. The van der Waals surface area contributed by atoms with Crippen molar-refractivity contribution in [3.63, 3.8) is 0 Å². The van der Waals surface area contributed by atoms with Crippen LogP contribution in [0.4, 0.5) is 5.69 Å². The maximum Gasteiger partial charge on any atom is 0.238 e.